The van der Waals surface area contributed by atoms with Crippen molar-refractivity contribution in [3.63, 3.8) is 0 Å². The van der Waals surface area contributed by atoms with E-state index >= 15 is 0 Å². The molecular formula is C23H37N3O3. The smallest absolute Gasteiger partial charge is 0.320 e. The molecule has 0 radical (unpaired) electrons. The predicted molar refractivity (Wildman–Crippen MR) is 115 cm³/mol. The number of carbonyl (C=O) groups excluding carboxylic acids is 1. The maximum absolute atomic E-state index is 12.6. The summed E-state index contributed by atoms with van der Waals surface area (Å²) in [6.45, 7) is 9.53. The molecular weight excluding hydrogens is 366 g/mol. The number of amides is 2. The zero-order valence-corrected chi connectivity index (χ0v) is 18.2. The number of aliphatic hydroxyl groups excluding tert-OH is 1. The molecule has 1 aromatic carbocycles. The first kappa shape index (κ1) is 21.9. The summed E-state index contributed by atoms with van der Waals surface area (Å²) in [6.07, 6.45) is 3.52. The monoisotopic (exact) mass is 403 g/mol. The summed E-state index contributed by atoms with van der Waals surface area (Å²) < 4.78 is 5.25. The minimum absolute atomic E-state index is 0.111. The number of piperidine rings is 1. The summed E-state index contributed by atoms with van der Waals surface area (Å²) in [7, 11) is 1.70. The van der Waals surface area contributed by atoms with Gasteiger partial charge in [-0.05, 0) is 62.8 Å². The SMILES string of the molecule is CCN(CC1CCN(C(=O)N2CCC(O)C2)CC1)C(C)Cc1ccc(OC)cc1. The summed E-state index contributed by atoms with van der Waals surface area (Å²) >= 11 is 0. The third kappa shape index (κ3) is 5.86. The predicted octanol–water partition coefficient (Wildman–Crippen LogP) is 2.85. The molecule has 2 aliphatic rings. The fourth-order valence-corrected chi connectivity index (χ4v) is 4.61. The second-order valence-corrected chi connectivity index (χ2v) is 8.59. The number of methoxy groups -OCH3 is 1. The molecule has 0 bridgehead atoms. The van der Waals surface area contributed by atoms with Gasteiger partial charge in [0.15, 0.2) is 0 Å². The fraction of sp³-hybridized carbons (Fsp3) is 0.696. The van der Waals surface area contributed by atoms with Crippen LogP contribution in [0.3, 0.4) is 0 Å². The zero-order chi connectivity index (χ0) is 20.8. The Balaban J connectivity index is 1.45. The normalized spacial score (nSPS) is 21.6. The van der Waals surface area contributed by atoms with Crippen molar-refractivity contribution in [2.45, 2.75) is 51.7 Å². The number of likely N-dealkylation sites (tertiary alicyclic amines) is 2. The Hall–Kier alpha value is -1.79. The van der Waals surface area contributed by atoms with Gasteiger partial charge in [0.05, 0.1) is 13.2 Å². The van der Waals surface area contributed by atoms with Crippen molar-refractivity contribution in [3.05, 3.63) is 29.8 Å². The largest absolute Gasteiger partial charge is 0.497 e. The van der Waals surface area contributed by atoms with Crippen molar-refractivity contribution in [2.75, 3.05) is 46.4 Å². The molecule has 0 saturated carbocycles. The zero-order valence-electron chi connectivity index (χ0n) is 18.2. The van der Waals surface area contributed by atoms with E-state index in [1.54, 1.807) is 12.0 Å². The van der Waals surface area contributed by atoms with Crippen molar-refractivity contribution in [1.29, 1.82) is 0 Å². The van der Waals surface area contributed by atoms with Crippen LogP contribution in [0, 0.1) is 5.92 Å². The summed E-state index contributed by atoms with van der Waals surface area (Å²) in [4.78, 5) is 19.0. The number of rotatable bonds is 7. The highest BCUT2D eigenvalue weighted by Crippen LogP contribution is 2.23. The molecule has 2 saturated heterocycles. The third-order valence-electron chi connectivity index (χ3n) is 6.53. The van der Waals surface area contributed by atoms with Gasteiger partial charge in [0.1, 0.15) is 5.75 Å². The van der Waals surface area contributed by atoms with Crippen LogP contribution < -0.4 is 4.74 Å². The van der Waals surface area contributed by atoms with Gasteiger partial charge in [-0.2, -0.15) is 0 Å². The fourth-order valence-electron chi connectivity index (χ4n) is 4.61. The topological polar surface area (TPSA) is 56.2 Å². The van der Waals surface area contributed by atoms with E-state index < -0.39 is 0 Å². The van der Waals surface area contributed by atoms with Crippen LogP contribution in [0.5, 0.6) is 5.75 Å². The molecule has 1 aromatic rings. The molecule has 162 valence electrons. The molecule has 6 heteroatoms. The molecule has 0 aromatic heterocycles. The maximum atomic E-state index is 12.6. The van der Waals surface area contributed by atoms with Crippen molar-refractivity contribution < 1.29 is 14.6 Å². The Morgan fingerprint density at radius 2 is 1.83 bits per heavy atom. The lowest BCUT2D eigenvalue weighted by atomic mass is 9.95. The van der Waals surface area contributed by atoms with Crippen molar-refractivity contribution in [1.82, 2.24) is 14.7 Å². The molecule has 0 spiro atoms. The average molecular weight is 404 g/mol. The van der Waals surface area contributed by atoms with Gasteiger partial charge in [-0.1, -0.05) is 19.1 Å². The van der Waals surface area contributed by atoms with Crippen LogP contribution in [0.4, 0.5) is 4.79 Å². The van der Waals surface area contributed by atoms with Crippen LogP contribution >= 0.6 is 0 Å². The number of likely N-dealkylation sites (N-methyl/N-ethyl adjacent to an activating group) is 1. The van der Waals surface area contributed by atoms with Crippen LogP contribution in [-0.2, 0) is 6.42 Å². The van der Waals surface area contributed by atoms with E-state index in [0.717, 1.165) is 51.2 Å². The minimum Gasteiger partial charge on any atom is -0.497 e. The van der Waals surface area contributed by atoms with Crippen LogP contribution in [0.15, 0.2) is 24.3 Å². The second-order valence-electron chi connectivity index (χ2n) is 8.59. The summed E-state index contributed by atoms with van der Waals surface area (Å²) in [5.41, 5.74) is 1.34. The molecule has 3 rings (SSSR count). The van der Waals surface area contributed by atoms with Crippen LogP contribution in [-0.4, -0.2) is 84.4 Å². The first-order valence-corrected chi connectivity index (χ1v) is 11.1. The summed E-state index contributed by atoms with van der Waals surface area (Å²) in [6, 6.07) is 8.97. The molecule has 2 aliphatic heterocycles. The van der Waals surface area contributed by atoms with Gasteiger partial charge in [0, 0.05) is 38.8 Å². The maximum Gasteiger partial charge on any atom is 0.320 e. The Bertz CT molecular complexity index is 643. The number of carbonyl (C=O) groups is 1. The highest BCUT2D eigenvalue weighted by Gasteiger charge is 2.31. The number of aliphatic hydroxyl groups is 1. The van der Waals surface area contributed by atoms with Crippen LogP contribution in [0.1, 0.15) is 38.7 Å². The van der Waals surface area contributed by atoms with Crippen molar-refractivity contribution >= 4 is 6.03 Å². The lowest BCUT2D eigenvalue weighted by Gasteiger charge is -2.38. The Morgan fingerprint density at radius 3 is 2.38 bits per heavy atom. The third-order valence-corrected chi connectivity index (χ3v) is 6.53. The van der Waals surface area contributed by atoms with Gasteiger partial charge in [-0.3, -0.25) is 0 Å². The lowest BCUT2D eigenvalue weighted by molar-refractivity contribution is 0.112. The van der Waals surface area contributed by atoms with E-state index in [0.29, 0.717) is 31.5 Å². The van der Waals surface area contributed by atoms with Gasteiger partial charge < -0.3 is 24.5 Å². The number of urea groups is 1. The van der Waals surface area contributed by atoms with Gasteiger partial charge in [0.2, 0.25) is 0 Å². The van der Waals surface area contributed by atoms with E-state index in [2.05, 4.69) is 30.9 Å². The standard InChI is InChI=1S/C23H37N3O3/c1-4-24(18(2)15-19-5-7-22(29-3)8-6-19)16-20-9-12-25(13-10-20)23(28)26-14-11-21(27)17-26/h5-8,18,20-21,27H,4,9-17H2,1-3H3. The molecule has 6 nitrogen and oxygen atoms in total. The molecule has 1 N–H and O–H groups in total. The summed E-state index contributed by atoms with van der Waals surface area (Å²) in [5, 5.41) is 9.67. The first-order chi connectivity index (χ1) is 14.0. The lowest BCUT2D eigenvalue weighted by Crippen LogP contribution is -2.48. The van der Waals surface area contributed by atoms with Crippen molar-refractivity contribution in [3.8, 4) is 5.75 Å². The van der Waals surface area contributed by atoms with Crippen LogP contribution in [0.2, 0.25) is 0 Å². The highest BCUT2D eigenvalue weighted by atomic mass is 16.5. The van der Waals surface area contributed by atoms with Gasteiger partial charge >= 0.3 is 6.03 Å². The van der Waals surface area contributed by atoms with Crippen LogP contribution in [0.25, 0.3) is 0 Å². The Labute approximate surface area is 175 Å². The van der Waals surface area contributed by atoms with Gasteiger partial charge in [0.25, 0.3) is 0 Å². The molecule has 2 amide bonds. The average Bonchev–Trinajstić information content (AvgIpc) is 3.18. The Kier molecular flexibility index (Phi) is 7.78. The van der Waals surface area contributed by atoms with Gasteiger partial charge in [-0.15, -0.1) is 0 Å². The van der Waals surface area contributed by atoms with E-state index in [-0.39, 0.29) is 12.1 Å². The number of β-amino-alcohol motifs (C(OH)–C–C–N with tert-alkyl or cyclic N) is 1. The van der Waals surface area contributed by atoms with Crippen molar-refractivity contribution in [2.24, 2.45) is 5.92 Å². The molecule has 0 aliphatic carbocycles. The number of ether oxygens (including phenoxy) is 1. The number of benzene rings is 1. The van der Waals surface area contributed by atoms with Gasteiger partial charge in [-0.25, -0.2) is 4.79 Å². The molecule has 2 unspecified atom stereocenters. The molecule has 2 heterocycles. The number of nitrogens with zero attached hydrogens (tertiary/aromatic N) is 3. The van der Waals surface area contributed by atoms with E-state index in [4.69, 9.17) is 4.74 Å². The summed E-state index contributed by atoms with van der Waals surface area (Å²) in [5.74, 6) is 1.54. The van der Waals surface area contributed by atoms with E-state index in [1.807, 2.05) is 17.0 Å². The quantitative estimate of drug-likeness (QED) is 0.761. The first-order valence-electron chi connectivity index (χ1n) is 11.1. The number of hydrogen-bond donors (Lipinski definition) is 1. The molecule has 29 heavy (non-hydrogen) atoms. The number of hydrogen-bond acceptors (Lipinski definition) is 4. The minimum atomic E-state index is -0.346. The second kappa shape index (κ2) is 10.3. The highest BCUT2D eigenvalue weighted by molar-refractivity contribution is 5.74. The van der Waals surface area contributed by atoms with E-state index in [9.17, 15) is 9.90 Å². The van der Waals surface area contributed by atoms with E-state index in [1.165, 1.54) is 5.56 Å². The Morgan fingerprint density at radius 1 is 1.17 bits per heavy atom. The molecule has 2 atom stereocenters. The molecule has 2 fully saturated rings.